The third kappa shape index (κ3) is 3.12. The molecule has 0 aliphatic heterocycles. The van der Waals surface area contributed by atoms with Gasteiger partial charge in [-0.15, -0.1) is 0 Å². The molecule has 0 unspecified atom stereocenters. The van der Waals surface area contributed by atoms with Crippen LogP contribution in [0.15, 0.2) is 64.0 Å². The summed E-state index contributed by atoms with van der Waals surface area (Å²) in [6, 6.07) is 16.4. The van der Waals surface area contributed by atoms with Gasteiger partial charge < -0.3 is 9.52 Å². The maximum atomic E-state index is 9.77. The van der Waals surface area contributed by atoms with Gasteiger partial charge in [-0.2, -0.15) is 0 Å². The molecule has 1 N–H and O–H groups in total. The van der Waals surface area contributed by atoms with Crippen LogP contribution in [0.3, 0.4) is 0 Å². The van der Waals surface area contributed by atoms with Gasteiger partial charge in [0.2, 0.25) is 5.89 Å². The molecule has 4 nitrogen and oxygen atoms in total. The van der Waals surface area contributed by atoms with Crippen LogP contribution in [-0.2, 0) is 0 Å². The first-order valence-electron chi connectivity index (χ1n) is 6.27. The molecule has 1 heterocycles. The third-order valence-electron chi connectivity index (χ3n) is 2.82. The van der Waals surface area contributed by atoms with Crippen LogP contribution in [-0.4, -0.2) is 16.3 Å². The quantitative estimate of drug-likeness (QED) is 0.727. The lowest BCUT2D eigenvalue weighted by molar-refractivity contribution is 0.337. The fourth-order valence-corrected chi connectivity index (χ4v) is 1.90. The van der Waals surface area contributed by atoms with Crippen molar-refractivity contribution in [1.29, 1.82) is 0 Å². The number of aromatic nitrogens is 1. The van der Waals surface area contributed by atoms with E-state index in [0.29, 0.717) is 16.6 Å². The number of halogens is 1. The number of benzene rings is 2. The number of hydrogen-bond acceptors (Lipinski definition) is 4. The molecule has 0 amide bonds. The minimum atomic E-state index is -0.258. The second-order valence-corrected chi connectivity index (χ2v) is 4.75. The molecule has 2 aromatic carbocycles. The Kier molecular flexibility index (Phi) is 3.71. The van der Waals surface area contributed by atoms with E-state index in [-0.39, 0.29) is 11.6 Å². The Labute approximate surface area is 126 Å². The Balaban J connectivity index is 1.86. The van der Waals surface area contributed by atoms with E-state index in [1.807, 2.05) is 30.3 Å². The van der Waals surface area contributed by atoms with Crippen LogP contribution in [0.5, 0.6) is 5.95 Å². The summed E-state index contributed by atoms with van der Waals surface area (Å²) in [5.74, 6) is 0.0947. The molecule has 0 atom stereocenters. The molecular weight excluding hydrogens is 288 g/mol. The summed E-state index contributed by atoms with van der Waals surface area (Å²) in [6.07, 6.45) is 1.45. The number of oxazole rings is 1. The van der Waals surface area contributed by atoms with Gasteiger partial charge in [-0.25, -0.2) is 4.98 Å². The lowest BCUT2D eigenvalue weighted by Gasteiger charge is -1.92. The molecule has 0 radical (unpaired) electrons. The molecule has 1 aromatic heterocycles. The molecule has 104 valence electrons. The van der Waals surface area contributed by atoms with E-state index >= 15 is 0 Å². The molecule has 0 bridgehead atoms. The van der Waals surface area contributed by atoms with E-state index in [0.717, 1.165) is 5.56 Å². The standard InChI is InChI=1S/C16H11ClN2O2/c17-12-6-8-13(9-7-12)18-10-14-16(20)21-15(19-14)11-4-2-1-3-5-11/h1-10,20H. The molecule has 0 aliphatic rings. The molecular formula is C16H11ClN2O2. The first-order chi connectivity index (χ1) is 10.2. The zero-order valence-electron chi connectivity index (χ0n) is 10.9. The maximum Gasteiger partial charge on any atom is 0.312 e. The minimum Gasteiger partial charge on any atom is -0.479 e. The van der Waals surface area contributed by atoms with Gasteiger partial charge >= 0.3 is 5.95 Å². The Hall–Kier alpha value is -2.59. The van der Waals surface area contributed by atoms with Crippen molar-refractivity contribution in [3.05, 3.63) is 65.3 Å². The smallest absolute Gasteiger partial charge is 0.312 e. The van der Waals surface area contributed by atoms with Crippen LogP contribution in [0.4, 0.5) is 5.69 Å². The molecule has 3 rings (SSSR count). The van der Waals surface area contributed by atoms with Crippen molar-refractivity contribution in [1.82, 2.24) is 4.98 Å². The van der Waals surface area contributed by atoms with Gasteiger partial charge in [0.25, 0.3) is 0 Å². The first-order valence-corrected chi connectivity index (χ1v) is 6.65. The predicted octanol–water partition coefficient (Wildman–Crippen LogP) is 4.45. The molecule has 21 heavy (non-hydrogen) atoms. The molecule has 0 saturated carbocycles. The van der Waals surface area contributed by atoms with E-state index < -0.39 is 0 Å². The van der Waals surface area contributed by atoms with Crippen molar-refractivity contribution in [3.63, 3.8) is 0 Å². The molecule has 0 fully saturated rings. The summed E-state index contributed by atoms with van der Waals surface area (Å²) in [5, 5.41) is 10.4. The van der Waals surface area contributed by atoms with Gasteiger partial charge in [-0.3, -0.25) is 4.99 Å². The highest BCUT2D eigenvalue weighted by Crippen LogP contribution is 2.25. The number of aromatic hydroxyl groups is 1. The summed E-state index contributed by atoms with van der Waals surface area (Å²) in [7, 11) is 0. The normalized spacial score (nSPS) is 11.1. The average molecular weight is 299 g/mol. The highest BCUT2D eigenvalue weighted by molar-refractivity contribution is 6.30. The zero-order valence-corrected chi connectivity index (χ0v) is 11.7. The van der Waals surface area contributed by atoms with Crippen molar-refractivity contribution in [2.75, 3.05) is 0 Å². The number of aliphatic imine (C=N–C) groups is 1. The van der Waals surface area contributed by atoms with Crippen molar-refractivity contribution in [2.45, 2.75) is 0 Å². The predicted molar refractivity (Wildman–Crippen MR) is 82.3 cm³/mol. The van der Waals surface area contributed by atoms with Crippen LogP contribution in [0.25, 0.3) is 11.5 Å². The van der Waals surface area contributed by atoms with Crippen molar-refractivity contribution < 1.29 is 9.52 Å². The third-order valence-corrected chi connectivity index (χ3v) is 3.07. The van der Waals surface area contributed by atoms with E-state index in [1.165, 1.54) is 6.21 Å². The summed E-state index contributed by atoms with van der Waals surface area (Å²) in [4.78, 5) is 8.44. The molecule has 3 aromatic rings. The molecule has 0 spiro atoms. The fourth-order valence-electron chi connectivity index (χ4n) is 1.78. The van der Waals surface area contributed by atoms with Gasteiger partial charge in [0.15, 0.2) is 5.69 Å². The van der Waals surface area contributed by atoms with Crippen molar-refractivity contribution >= 4 is 23.5 Å². The minimum absolute atomic E-state index is 0.258. The highest BCUT2D eigenvalue weighted by atomic mass is 35.5. The van der Waals surface area contributed by atoms with E-state index in [2.05, 4.69) is 9.98 Å². The summed E-state index contributed by atoms with van der Waals surface area (Å²) >= 11 is 5.81. The van der Waals surface area contributed by atoms with Crippen LogP contribution in [0, 0.1) is 0 Å². The number of nitrogens with zero attached hydrogens (tertiary/aromatic N) is 2. The Morgan fingerprint density at radius 1 is 1.05 bits per heavy atom. The second kappa shape index (κ2) is 5.81. The zero-order chi connectivity index (χ0) is 14.7. The van der Waals surface area contributed by atoms with Crippen LogP contribution in [0.2, 0.25) is 5.02 Å². The molecule has 5 heteroatoms. The number of rotatable bonds is 3. The SMILES string of the molecule is Oc1oc(-c2ccccc2)nc1C=Nc1ccc(Cl)cc1. The lowest BCUT2D eigenvalue weighted by atomic mass is 10.2. The van der Waals surface area contributed by atoms with Gasteiger partial charge in [-0.05, 0) is 36.4 Å². The van der Waals surface area contributed by atoms with Crippen molar-refractivity contribution in [2.24, 2.45) is 4.99 Å². The molecule has 0 saturated heterocycles. The summed E-state index contributed by atoms with van der Waals surface area (Å²) < 4.78 is 5.24. The average Bonchev–Trinajstić information content (AvgIpc) is 2.89. The second-order valence-electron chi connectivity index (χ2n) is 4.31. The highest BCUT2D eigenvalue weighted by Gasteiger charge is 2.11. The number of hydrogen-bond donors (Lipinski definition) is 1. The van der Waals surface area contributed by atoms with Crippen molar-refractivity contribution in [3.8, 4) is 17.4 Å². The topological polar surface area (TPSA) is 58.6 Å². The largest absolute Gasteiger partial charge is 0.479 e. The first kappa shape index (κ1) is 13.4. The van der Waals surface area contributed by atoms with Crippen LogP contribution >= 0.6 is 11.6 Å². The lowest BCUT2D eigenvalue weighted by Crippen LogP contribution is -1.82. The Morgan fingerprint density at radius 2 is 1.76 bits per heavy atom. The van der Waals surface area contributed by atoms with Gasteiger partial charge in [0.05, 0.1) is 11.9 Å². The van der Waals surface area contributed by atoms with E-state index in [4.69, 9.17) is 16.0 Å². The van der Waals surface area contributed by atoms with Gasteiger partial charge in [0, 0.05) is 10.6 Å². The maximum absolute atomic E-state index is 9.77. The van der Waals surface area contributed by atoms with Crippen LogP contribution < -0.4 is 0 Å². The van der Waals surface area contributed by atoms with E-state index in [9.17, 15) is 5.11 Å². The van der Waals surface area contributed by atoms with Crippen LogP contribution in [0.1, 0.15) is 5.69 Å². The molecule has 0 aliphatic carbocycles. The summed E-state index contributed by atoms with van der Waals surface area (Å²) in [6.45, 7) is 0. The Morgan fingerprint density at radius 3 is 2.48 bits per heavy atom. The van der Waals surface area contributed by atoms with E-state index in [1.54, 1.807) is 24.3 Å². The fraction of sp³-hybridized carbons (Fsp3) is 0. The Bertz CT molecular complexity index is 765. The van der Waals surface area contributed by atoms with Gasteiger partial charge in [0.1, 0.15) is 0 Å². The monoisotopic (exact) mass is 298 g/mol. The summed E-state index contributed by atoms with van der Waals surface area (Å²) in [5.41, 5.74) is 1.78. The van der Waals surface area contributed by atoms with Gasteiger partial charge in [-0.1, -0.05) is 29.8 Å².